The highest BCUT2D eigenvalue weighted by molar-refractivity contribution is 7.92. The molecule has 0 amide bonds. The van der Waals surface area contributed by atoms with Crippen molar-refractivity contribution >= 4 is 15.7 Å². The molecule has 0 aliphatic rings. The molecule has 2 rings (SSSR count). The van der Waals surface area contributed by atoms with Crippen molar-refractivity contribution in [3.63, 3.8) is 0 Å². The van der Waals surface area contributed by atoms with Crippen LogP contribution in [0.4, 0.5) is 5.69 Å². The maximum Gasteiger partial charge on any atom is 0.229 e. The number of hydrogen-bond donors (Lipinski definition) is 2. The molecule has 0 radical (unpaired) electrons. The Morgan fingerprint density at radius 3 is 2.41 bits per heavy atom. The minimum Gasteiger partial charge on any atom is -0.507 e. The maximum atomic E-state index is 11.4. The third-order valence-electron chi connectivity index (χ3n) is 4.91. The molecule has 0 fully saturated rings. The average Bonchev–Trinajstić information content (AvgIpc) is 2.57. The smallest absolute Gasteiger partial charge is 0.229 e. The molecule has 148 valence electrons. The molecule has 27 heavy (non-hydrogen) atoms. The van der Waals surface area contributed by atoms with Gasteiger partial charge in [0.2, 0.25) is 10.0 Å². The van der Waals surface area contributed by atoms with E-state index in [2.05, 4.69) is 31.6 Å². The minimum absolute atomic E-state index is 0.00342. The van der Waals surface area contributed by atoms with Crippen LogP contribution in [0.2, 0.25) is 0 Å². The maximum absolute atomic E-state index is 11.4. The van der Waals surface area contributed by atoms with Crippen molar-refractivity contribution in [3.05, 3.63) is 48.0 Å². The largest absolute Gasteiger partial charge is 0.507 e. The molecule has 0 aromatic heterocycles. The van der Waals surface area contributed by atoms with E-state index < -0.39 is 10.0 Å². The van der Waals surface area contributed by atoms with Gasteiger partial charge in [0.05, 0.1) is 6.26 Å². The molecule has 4 nitrogen and oxygen atoms in total. The van der Waals surface area contributed by atoms with Crippen molar-refractivity contribution in [2.75, 3.05) is 11.0 Å². The molecular formula is C22H31NO3S. The van der Waals surface area contributed by atoms with Gasteiger partial charge in [0, 0.05) is 11.3 Å². The van der Waals surface area contributed by atoms with Crippen LogP contribution in [0.5, 0.6) is 5.75 Å². The van der Waals surface area contributed by atoms with Gasteiger partial charge in [0.15, 0.2) is 0 Å². The lowest BCUT2D eigenvalue weighted by Gasteiger charge is -2.26. The van der Waals surface area contributed by atoms with Crippen LogP contribution >= 0.6 is 0 Å². The second kappa shape index (κ2) is 8.79. The molecule has 0 unspecified atom stereocenters. The van der Waals surface area contributed by atoms with Gasteiger partial charge in [-0.2, -0.15) is 0 Å². The zero-order valence-electron chi connectivity index (χ0n) is 16.7. The fourth-order valence-corrected chi connectivity index (χ4v) is 3.85. The predicted molar refractivity (Wildman–Crippen MR) is 114 cm³/mol. The summed E-state index contributed by atoms with van der Waals surface area (Å²) in [5.41, 5.74) is 3.07. The third kappa shape index (κ3) is 6.28. The van der Waals surface area contributed by atoms with E-state index in [1.807, 2.05) is 18.2 Å². The highest BCUT2D eigenvalue weighted by Gasteiger charge is 2.21. The molecule has 0 aliphatic heterocycles. The molecule has 0 bridgehead atoms. The summed E-state index contributed by atoms with van der Waals surface area (Å²) in [5.74, 6) is 0.214. The summed E-state index contributed by atoms with van der Waals surface area (Å²) in [4.78, 5) is 0. The van der Waals surface area contributed by atoms with Gasteiger partial charge in [-0.3, -0.25) is 4.72 Å². The summed E-state index contributed by atoms with van der Waals surface area (Å²) >= 11 is 0. The number of rotatable bonds is 9. The van der Waals surface area contributed by atoms with Crippen molar-refractivity contribution in [2.24, 2.45) is 0 Å². The van der Waals surface area contributed by atoms with Crippen molar-refractivity contribution in [1.29, 1.82) is 0 Å². The lowest BCUT2D eigenvalue weighted by molar-refractivity contribution is 0.438. The molecule has 0 saturated heterocycles. The van der Waals surface area contributed by atoms with E-state index in [1.54, 1.807) is 18.2 Å². The van der Waals surface area contributed by atoms with E-state index in [0.717, 1.165) is 23.8 Å². The molecule has 5 heteroatoms. The molecule has 2 N–H and O–H groups in total. The van der Waals surface area contributed by atoms with Crippen LogP contribution in [0.3, 0.4) is 0 Å². The monoisotopic (exact) mass is 389 g/mol. The van der Waals surface area contributed by atoms with E-state index in [4.69, 9.17) is 0 Å². The quantitative estimate of drug-likeness (QED) is 0.542. The second-order valence-electron chi connectivity index (χ2n) is 7.88. The van der Waals surface area contributed by atoms with Gasteiger partial charge >= 0.3 is 0 Å². The van der Waals surface area contributed by atoms with Gasteiger partial charge in [0.1, 0.15) is 5.75 Å². The van der Waals surface area contributed by atoms with Crippen LogP contribution in [-0.4, -0.2) is 19.8 Å². The van der Waals surface area contributed by atoms with Gasteiger partial charge in [-0.25, -0.2) is 8.42 Å². The number of benzene rings is 2. The Morgan fingerprint density at radius 2 is 1.78 bits per heavy atom. The van der Waals surface area contributed by atoms with Crippen LogP contribution < -0.4 is 4.72 Å². The average molecular weight is 390 g/mol. The van der Waals surface area contributed by atoms with Crippen molar-refractivity contribution in [3.8, 4) is 16.9 Å². The van der Waals surface area contributed by atoms with Crippen LogP contribution in [-0.2, 0) is 15.4 Å². The summed E-state index contributed by atoms with van der Waals surface area (Å²) in [6, 6.07) is 12.9. The van der Waals surface area contributed by atoms with E-state index in [-0.39, 0.29) is 11.2 Å². The first-order valence-corrected chi connectivity index (χ1v) is 11.4. The molecule has 0 saturated carbocycles. The van der Waals surface area contributed by atoms with E-state index in [1.165, 1.54) is 25.7 Å². The van der Waals surface area contributed by atoms with Gasteiger partial charge in [0.25, 0.3) is 0 Å². The Morgan fingerprint density at radius 1 is 1.04 bits per heavy atom. The zero-order chi connectivity index (χ0) is 20.1. The number of phenolic OH excluding ortho intramolecular Hbond substituents is 1. The second-order valence-corrected chi connectivity index (χ2v) is 9.63. The highest BCUT2D eigenvalue weighted by atomic mass is 32.2. The molecule has 0 spiro atoms. The number of nitrogens with one attached hydrogen (secondary N) is 1. The number of unbranched alkanes of at least 4 members (excludes halogenated alkanes) is 3. The minimum atomic E-state index is -3.34. The normalized spacial score (nSPS) is 12.1. The lowest BCUT2D eigenvalue weighted by Crippen LogP contribution is -2.16. The summed E-state index contributed by atoms with van der Waals surface area (Å²) in [5, 5.41) is 10.6. The van der Waals surface area contributed by atoms with E-state index in [0.29, 0.717) is 11.3 Å². The molecule has 2 aromatic carbocycles. The summed E-state index contributed by atoms with van der Waals surface area (Å²) in [6.45, 7) is 6.64. The van der Waals surface area contributed by atoms with Gasteiger partial charge in [-0.1, -0.05) is 70.7 Å². The van der Waals surface area contributed by atoms with Crippen LogP contribution in [0.15, 0.2) is 42.5 Å². The van der Waals surface area contributed by atoms with Crippen molar-refractivity contribution in [1.82, 2.24) is 0 Å². The van der Waals surface area contributed by atoms with Crippen molar-refractivity contribution in [2.45, 2.75) is 58.3 Å². The first kappa shape index (κ1) is 21.3. The Hall–Kier alpha value is -2.01. The van der Waals surface area contributed by atoms with Crippen LogP contribution in [0.1, 0.15) is 58.4 Å². The van der Waals surface area contributed by atoms with Gasteiger partial charge in [-0.05, 0) is 41.2 Å². The van der Waals surface area contributed by atoms with Gasteiger partial charge in [-0.15, -0.1) is 0 Å². The highest BCUT2D eigenvalue weighted by Crippen LogP contribution is 2.37. The Balaban J connectivity index is 2.23. The van der Waals surface area contributed by atoms with Crippen LogP contribution in [0.25, 0.3) is 11.1 Å². The first-order chi connectivity index (χ1) is 12.6. The van der Waals surface area contributed by atoms with Crippen molar-refractivity contribution < 1.29 is 13.5 Å². The fraction of sp³-hybridized carbons (Fsp3) is 0.455. The molecule has 0 atom stereocenters. The fourth-order valence-electron chi connectivity index (χ4n) is 3.30. The number of hydrogen-bond acceptors (Lipinski definition) is 3. The number of aromatic hydroxyl groups is 1. The topological polar surface area (TPSA) is 66.4 Å². The summed E-state index contributed by atoms with van der Waals surface area (Å²) in [6.07, 6.45) is 7.11. The molecular weight excluding hydrogens is 358 g/mol. The number of sulfonamides is 1. The summed E-state index contributed by atoms with van der Waals surface area (Å²) in [7, 11) is -3.34. The van der Waals surface area contributed by atoms with Gasteiger partial charge < -0.3 is 5.11 Å². The standard InChI is InChI=1S/C22H31NO3S/c1-5-6-7-8-14-22(2,3)18-12-13-20(21(24)16-18)17-10-9-11-19(15-17)23-27(4,25)26/h9-13,15-16,23-24H,5-8,14H2,1-4H3. The lowest BCUT2D eigenvalue weighted by atomic mass is 9.79. The zero-order valence-corrected chi connectivity index (χ0v) is 17.6. The molecule has 2 aromatic rings. The number of phenols is 1. The van der Waals surface area contributed by atoms with Crippen LogP contribution in [0, 0.1) is 0 Å². The Bertz CT molecular complexity index is 873. The predicted octanol–water partition coefficient (Wildman–Crippen LogP) is 5.68. The number of anilines is 1. The van der Waals surface area contributed by atoms with E-state index in [9.17, 15) is 13.5 Å². The third-order valence-corrected chi connectivity index (χ3v) is 5.52. The Kier molecular flexibility index (Phi) is 6.93. The first-order valence-electron chi connectivity index (χ1n) is 9.54. The molecule has 0 heterocycles. The Labute approximate surface area is 163 Å². The molecule has 0 aliphatic carbocycles. The summed E-state index contributed by atoms with van der Waals surface area (Å²) < 4.78 is 25.3. The van der Waals surface area contributed by atoms with E-state index >= 15 is 0 Å². The SMILES string of the molecule is CCCCCCC(C)(C)c1ccc(-c2cccc(NS(C)(=O)=O)c2)c(O)c1.